The normalized spacial score (nSPS) is 9.75. The summed E-state index contributed by atoms with van der Waals surface area (Å²) in [4.78, 5) is 2.25. The van der Waals surface area contributed by atoms with E-state index in [1.54, 1.807) is 0 Å². The molecule has 0 saturated carbocycles. The van der Waals surface area contributed by atoms with Crippen LogP contribution in [0.1, 0.15) is 19.8 Å². The number of nitrogens with zero attached hydrogens (tertiary/aromatic N) is 1. The molecule has 2 nitrogen and oxygen atoms in total. The number of rotatable bonds is 5. The molecule has 0 saturated heterocycles. The summed E-state index contributed by atoms with van der Waals surface area (Å²) < 4.78 is 0. The highest BCUT2D eigenvalue weighted by molar-refractivity contribution is 5.76. The van der Waals surface area contributed by atoms with Gasteiger partial charge in [-0.15, -0.1) is 0 Å². The molecule has 124 valence electrons. The van der Waals surface area contributed by atoms with Crippen molar-refractivity contribution in [2.75, 3.05) is 11.5 Å². The van der Waals surface area contributed by atoms with E-state index in [0.717, 1.165) is 12.8 Å². The van der Waals surface area contributed by atoms with Gasteiger partial charge in [0.05, 0.1) is 0 Å². The standard InChI is InChI=1S/C18H15N.C4H10O/c1-4-10-16(11-5-1)19(17-12-6-2-7-13-17)18-14-8-3-9-15-18;1-2-3-4-5/h1-15H;5H,2-4H2,1H3. The molecule has 0 atom stereocenters. The first kappa shape index (κ1) is 17.8. The Morgan fingerprint density at radius 2 is 0.958 bits per heavy atom. The Bertz CT molecular complexity index is 572. The Balaban J connectivity index is 0.000000368. The summed E-state index contributed by atoms with van der Waals surface area (Å²) in [6, 6.07) is 31.3. The molecule has 0 heterocycles. The second-order valence-electron chi connectivity index (χ2n) is 5.42. The van der Waals surface area contributed by atoms with Gasteiger partial charge in [0.2, 0.25) is 0 Å². The number of aliphatic hydroxyl groups is 1. The highest BCUT2D eigenvalue weighted by Crippen LogP contribution is 2.33. The smallest absolute Gasteiger partial charge is 0.0461 e. The number of unbranched alkanes of at least 4 members (excludes halogenated alkanes) is 1. The zero-order valence-corrected chi connectivity index (χ0v) is 14.2. The second-order valence-corrected chi connectivity index (χ2v) is 5.42. The summed E-state index contributed by atoms with van der Waals surface area (Å²) in [6.45, 7) is 2.40. The summed E-state index contributed by atoms with van der Waals surface area (Å²) in [5, 5.41) is 8.07. The van der Waals surface area contributed by atoms with Crippen molar-refractivity contribution < 1.29 is 5.11 Å². The van der Waals surface area contributed by atoms with Gasteiger partial charge < -0.3 is 10.0 Å². The van der Waals surface area contributed by atoms with E-state index in [1.165, 1.54) is 17.1 Å². The molecule has 24 heavy (non-hydrogen) atoms. The number of anilines is 3. The van der Waals surface area contributed by atoms with Crippen molar-refractivity contribution >= 4 is 17.1 Å². The Kier molecular flexibility index (Phi) is 7.58. The summed E-state index contributed by atoms with van der Waals surface area (Å²) in [5.41, 5.74) is 3.50. The monoisotopic (exact) mass is 319 g/mol. The topological polar surface area (TPSA) is 23.5 Å². The van der Waals surface area contributed by atoms with Crippen molar-refractivity contribution in [1.82, 2.24) is 0 Å². The van der Waals surface area contributed by atoms with E-state index in [0.29, 0.717) is 6.61 Å². The van der Waals surface area contributed by atoms with Crippen LogP contribution in [0, 0.1) is 0 Å². The summed E-state index contributed by atoms with van der Waals surface area (Å²) in [5.74, 6) is 0. The summed E-state index contributed by atoms with van der Waals surface area (Å²) in [6.07, 6.45) is 2.04. The van der Waals surface area contributed by atoms with Gasteiger partial charge in [0.25, 0.3) is 0 Å². The van der Waals surface area contributed by atoms with Crippen LogP contribution in [0.5, 0.6) is 0 Å². The largest absolute Gasteiger partial charge is 0.396 e. The number of benzene rings is 3. The van der Waals surface area contributed by atoms with E-state index in [-0.39, 0.29) is 0 Å². The summed E-state index contributed by atoms with van der Waals surface area (Å²) in [7, 11) is 0. The van der Waals surface area contributed by atoms with E-state index >= 15 is 0 Å². The average molecular weight is 319 g/mol. The Labute approximate surface area is 145 Å². The number of hydrogen-bond acceptors (Lipinski definition) is 2. The maximum atomic E-state index is 8.07. The zero-order chi connectivity index (χ0) is 17.0. The molecule has 0 radical (unpaired) electrons. The van der Waals surface area contributed by atoms with Crippen LogP contribution in [0.15, 0.2) is 91.0 Å². The van der Waals surface area contributed by atoms with Crippen LogP contribution in [0.2, 0.25) is 0 Å². The van der Waals surface area contributed by atoms with Gasteiger partial charge >= 0.3 is 0 Å². The third-order valence-corrected chi connectivity index (χ3v) is 3.55. The maximum Gasteiger partial charge on any atom is 0.0461 e. The molecule has 2 heteroatoms. The molecule has 0 aliphatic rings. The van der Waals surface area contributed by atoms with Gasteiger partial charge in [0, 0.05) is 23.7 Å². The van der Waals surface area contributed by atoms with E-state index < -0.39 is 0 Å². The van der Waals surface area contributed by atoms with Crippen molar-refractivity contribution in [3.8, 4) is 0 Å². The molecular weight excluding hydrogens is 294 g/mol. The van der Waals surface area contributed by atoms with Crippen LogP contribution in [0.3, 0.4) is 0 Å². The first-order valence-electron chi connectivity index (χ1n) is 8.43. The van der Waals surface area contributed by atoms with Crippen molar-refractivity contribution in [1.29, 1.82) is 0 Å². The SMILES string of the molecule is CCCCO.c1ccc(N(c2ccccc2)c2ccccc2)cc1. The van der Waals surface area contributed by atoms with E-state index in [4.69, 9.17) is 5.11 Å². The Morgan fingerprint density at radius 3 is 1.17 bits per heavy atom. The number of para-hydroxylation sites is 3. The van der Waals surface area contributed by atoms with Crippen molar-refractivity contribution in [3.63, 3.8) is 0 Å². The fraction of sp³-hybridized carbons (Fsp3) is 0.182. The number of hydrogen-bond donors (Lipinski definition) is 1. The predicted octanol–water partition coefficient (Wildman–Crippen LogP) is 5.94. The third-order valence-electron chi connectivity index (χ3n) is 3.55. The zero-order valence-electron chi connectivity index (χ0n) is 14.2. The van der Waals surface area contributed by atoms with Gasteiger partial charge in [0.1, 0.15) is 0 Å². The molecule has 3 aromatic rings. The molecule has 0 aliphatic carbocycles. The lowest BCUT2D eigenvalue weighted by molar-refractivity contribution is 0.287. The first-order chi connectivity index (χ1) is 11.9. The van der Waals surface area contributed by atoms with E-state index in [2.05, 4.69) is 84.6 Å². The lowest BCUT2D eigenvalue weighted by atomic mass is 10.2. The van der Waals surface area contributed by atoms with Gasteiger partial charge in [-0.05, 0) is 42.8 Å². The second kappa shape index (κ2) is 10.2. The lowest BCUT2D eigenvalue weighted by Crippen LogP contribution is -2.09. The molecule has 0 bridgehead atoms. The van der Waals surface area contributed by atoms with Crippen LogP contribution in [0.25, 0.3) is 0 Å². The molecule has 0 fully saturated rings. The summed E-state index contributed by atoms with van der Waals surface area (Å²) >= 11 is 0. The Hall–Kier alpha value is -2.58. The minimum atomic E-state index is 0.344. The Morgan fingerprint density at radius 1 is 0.625 bits per heavy atom. The highest BCUT2D eigenvalue weighted by Gasteiger charge is 2.10. The first-order valence-corrected chi connectivity index (χ1v) is 8.43. The average Bonchev–Trinajstić information content (AvgIpc) is 2.66. The van der Waals surface area contributed by atoms with Crippen LogP contribution < -0.4 is 4.90 Å². The molecule has 3 rings (SSSR count). The molecular formula is C22H25NO. The minimum absolute atomic E-state index is 0.344. The fourth-order valence-corrected chi connectivity index (χ4v) is 2.34. The van der Waals surface area contributed by atoms with Crippen molar-refractivity contribution in [2.24, 2.45) is 0 Å². The molecule has 0 aromatic heterocycles. The molecule has 0 spiro atoms. The van der Waals surface area contributed by atoms with Crippen molar-refractivity contribution in [2.45, 2.75) is 19.8 Å². The lowest BCUT2D eigenvalue weighted by Gasteiger charge is -2.25. The van der Waals surface area contributed by atoms with Gasteiger partial charge in [-0.2, -0.15) is 0 Å². The van der Waals surface area contributed by atoms with Crippen LogP contribution in [-0.4, -0.2) is 11.7 Å². The van der Waals surface area contributed by atoms with Crippen LogP contribution >= 0.6 is 0 Å². The maximum absolute atomic E-state index is 8.07. The molecule has 0 aliphatic heterocycles. The molecule has 0 amide bonds. The predicted molar refractivity (Wildman–Crippen MR) is 103 cm³/mol. The fourth-order valence-electron chi connectivity index (χ4n) is 2.34. The van der Waals surface area contributed by atoms with Gasteiger partial charge in [0.15, 0.2) is 0 Å². The van der Waals surface area contributed by atoms with Gasteiger partial charge in [-0.3, -0.25) is 0 Å². The van der Waals surface area contributed by atoms with Gasteiger partial charge in [-0.25, -0.2) is 0 Å². The van der Waals surface area contributed by atoms with Crippen LogP contribution in [-0.2, 0) is 0 Å². The highest BCUT2D eigenvalue weighted by atomic mass is 16.2. The number of aliphatic hydroxyl groups excluding tert-OH is 1. The quantitative estimate of drug-likeness (QED) is 0.629. The minimum Gasteiger partial charge on any atom is -0.396 e. The third kappa shape index (κ3) is 5.25. The van der Waals surface area contributed by atoms with Crippen molar-refractivity contribution in [3.05, 3.63) is 91.0 Å². The van der Waals surface area contributed by atoms with Gasteiger partial charge in [-0.1, -0.05) is 67.9 Å². The van der Waals surface area contributed by atoms with E-state index in [1.807, 2.05) is 18.2 Å². The van der Waals surface area contributed by atoms with Crippen LogP contribution in [0.4, 0.5) is 17.1 Å². The molecule has 1 N–H and O–H groups in total. The molecule has 0 unspecified atom stereocenters. The molecule has 3 aromatic carbocycles. The van der Waals surface area contributed by atoms with E-state index in [9.17, 15) is 0 Å².